The maximum atomic E-state index is 5.19. The maximum Gasteiger partial charge on any atom is 0.134 e. The van der Waals surface area contributed by atoms with Crippen LogP contribution < -0.4 is 9.80 Å². The Morgan fingerprint density at radius 3 is 2.00 bits per heavy atom. The molecule has 46 heavy (non-hydrogen) atoms. The summed E-state index contributed by atoms with van der Waals surface area (Å²) in [6.07, 6.45) is 7.98. The zero-order chi connectivity index (χ0) is 30.5. The number of benzene rings is 6. The normalized spacial score (nSPS) is 14.7. The zero-order valence-electron chi connectivity index (χ0n) is 25.3. The fourth-order valence-electron chi connectivity index (χ4n) is 7.24. The molecule has 0 spiro atoms. The van der Waals surface area contributed by atoms with E-state index in [2.05, 4.69) is 180 Å². The van der Waals surface area contributed by atoms with Crippen LogP contribution in [0, 0.1) is 0 Å². The van der Waals surface area contributed by atoms with Crippen LogP contribution in [0.1, 0.15) is 16.7 Å². The summed E-state index contributed by atoms with van der Waals surface area (Å²) in [5, 5.41) is 3.75. The molecule has 0 bridgehead atoms. The second-order valence-electron chi connectivity index (χ2n) is 11.9. The molecule has 0 amide bonds. The third-order valence-corrected chi connectivity index (χ3v) is 9.30. The number of anilines is 5. The van der Waals surface area contributed by atoms with Gasteiger partial charge in [-0.1, -0.05) is 109 Å². The van der Waals surface area contributed by atoms with Gasteiger partial charge in [0.05, 0.1) is 17.2 Å². The molecule has 2 aliphatic rings. The van der Waals surface area contributed by atoms with Gasteiger partial charge in [-0.05, 0) is 94.7 Å². The first-order valence-electron chi connectivity index (χ1n) is 15.9. The molecule has 1 atom stereocenters. The molecule has 6 aromatic carbocycles. The van der Waals surface area contributed by atoms with Gasteiger partial charge in [0.25, 0.3) is 0 Å². The molecule has 7 aromatic rings. The summed E-state index contributed by atoms with van der Waals surface area (Å²) in [6.45, 7) is 0. The Bertz CT molecular complexity index is 2250. The molecular formula is C43H31N3. The van der Waals surface area contributed by atoms with Gasteiger partial charge < -0.3 is 9.80 Å². The number of allylic oxidation sites excluding steroid dienone is 1. The van der Waals surface area contributed by atoms with Gasteiger partial charge in [0.15, 0.2) is 0 Å². The third-order valence-electron chi connectivity index (χ3n) is 9.30. The van der Waals surface area contributed by atoms with Crippen LogP contribution in [0.4, 0.5) is 28.6 Å². The van der Waals surface area contributed by atoms with Crippen LogP contribution in [0.25, 0.3) is 33.3 Å². The number of hydrogen-bond acceptors (Lipinski definition) is 3. The van der Waals surface area contributed by atoms with Crippen LogP contribution >= 0.6 is 0 Å². The second kappa shape index (κ2) is 10.9. The molecule has 0 fully saturated rings. The number of pyridine rings is 1. The first-order valence-corrected chi connectivity index (χ1v) is 15.9. The SMILES string of the molecule is C1=CC(N(c2ccccc2)c2ccc3ccccc3n2)C2=CCc3ccc(N(c4ccccc4)c4ccccc4)c4ccc1c2c34. The Labute approximate surface area is 269 Å². The molecule has 0 saturated carbocycles. The lowest BCUT2D eigenvalue weighted by Crippen LogP contribution is -2.33. The van der Waals surface area contributed by atoms with E-state index in [1.807, 2.05) is 0 Å². The standard InChI is InChI=1S/C43H31N3/c1-4-13-33(14-5-1)45(34-15-6-2-7-16-34)39-27-22-31-21-26-37-40(28-23-32-20-25-36(39)42(31)43(32)37)46(35-17-8-3-9-18-35)41-29-24-30-12-10-11-19-38(30)44-41/h1-20,22-29,40H,21H2. The van der Waals surface area contributed by atoms with Crippen LogP contribution in [-0.2, 0) is 6.42 Å². The average molecular weight is 590 g/mol. The number of fused-ring (bicyclic) bond motifs is 1. The van der Waals surface area contributed by atoms with Gasteiger partial charge in [-0.3, -0.25) is 0 Å². The first-order chi connectivity index (χ1) is 22.8. The minimum atomic E-state index is -0.00896. The molecular weight excluding hydrogens is 558 g/mol. The van der Waals surface area contributed by atoms with Crippen molar-refractivity contribution >= 4 is 61.9 Å². The number of rotatable bonds is 6. The van der Waals surface area contributed by atoms with E-state index in [0.717, 1.165) is 40.2 Å². The highest BCUT2D eigenvalue weighted by Gasteiger charge is 2.32. The molecule has 0 saturated heterocycles. The van der Waals surface area contributed by atoms with Gasteiger partial charge in [-0.15, -0.1) is 0 Å². The van der Waals surface area contributed by atoms with Crippen molar-refractivity contribution in [3.8, 4) is 0 Å². The molecule has 0 aliphatic heterocycles. The van der Waals surface area contributed by atoms with Crippen molar-refractivity contribution in [2.75, 3.05) is 9.80 Å². The number of nitrogens with zero attached hydrogens (tertiary/aromatic N) is 3. The number of aromatic nitrogens is 1. The summed E-state index contributed by atoms with van der Waals surface area (Å²) in [5.74, 6) is 0.940. The Morgan fingerprint density at radius 1 is 0.587 bits per heavy atom. The van der Waals surface area contributed by atoms with E-state index in [4.69, 9.17) is 4.98 Å². The lowest BCUT2D eigenvalue weighted by molar-refractivity contribution is 0.931. The molecule has 0 N–H and O–H groups in total. The van der Waals surface area contributed by atoms with Crippen molar-refractivity contribution in [2.24, 2.45) is 0 Å². The molecule has 1 heterocycles. The highest BCUT2D eigenvalue weighted by molar-refractivity contribution is 6.10. The smallest absolute Gasteiger partial charge is 0.134 e. The monoisotopic (exact) mass is 589 g/mol. The summed E-state index contributed by atoms with van der Waals surface area (Å²) >= 11 is 0. The van der Waals surface area contributed by atoms with Crippen LogP contribution in [0.15, 0.2) is 164 Å². The number of para-hydroxylation sites is 4. The Morgan fingerprint density at radius 2 is 1.26 bits per heavy atom. The van der Waals surface area contributed by atoms with E-state index in [9.17, 15) is 0 Å². The van der Waals surface area contributed by atoms with E-state index in [-0.39, 0.29) is 6.04 Å². The molecule has 1 aromatic heterocycles. The molecule has 2 aliphatic carbocycles. The van der Waals surface area contributed by atoms with Gasteiger partial charge in [0, 0.05) is 27.8 Å². The van der Waals surface area contributed by atoms with E-state index in [1.165, 1.54) is 38.7 Å². The molecule has 218 valence electrons. The predicted molar refractivity (Wildman–Crippen MR) is 193 cm³/mol. The van der Waals surface area contributed by atoms with Crippen molar-refractivity contribution in [2.45, 2.75) is 12.5 Å². The second-order valence-corrected chi connectivity index (χ2v) is 11.9. The highest BCUT2D eigenvalue weighted by atomic mass is 15.2. The van der Waals surface area contributed by atoms with Crippen molar-refractivity contribution in [1.82, 2.24) is 4.98 Å². The Kier molecular flexibility index (Phi) is 6.27. The quantitative estimate of drug-likeness (QED) is 0.192. The van der Waals surface area contributed by atoms with Gasteiger partial charge in [-0.2, -0.15) is 0 Å². The number of hydrogen-bond donors (Lipinski definition) is 0. The van der Waals surface area contributed by atoms with Crippen LogP contribution in [0.2, 0.25) is 0 Å². The minimum absolute atomic E-state index is 0.00896. The molecule has 3 heteroatoms. The molecule has 9 rings (SSSR count). The molecule has 1 unspecified atom stereocenters. The third kappa shape index (κ3) is 4.32. The summed E-state index contributed by atoms with van der Waals surface area (Å²) < 4.78 is 0. The summed E-state index contributed by atoms with van der Waals surface area (Å²) in [4.78, 5) is 9.97. The van der Waals surface area contributed by atoms with Gasteiger partial charge >= 0.3 is 0 Å². The lowest BCUT2D eigenvalue weighted by atomic mass is 9.78. The summed E-state index contributed by atoms with van der Waals surface area (Å²) in [5.41, 5.74) is 10.9. The minimum Gasteiger partial charge on any atom is -0.315 e. The van der Waals surface area contributed by atoms with E-state index in [0.29, 0.717) is 0 Å². The Hall–Kier alpha value is -5.93. The first kappa shape index (κ1) is 26.5. The zero-order valence-corrected chi connectivity index (χ0v) is 25.3. The topological polar surface area (TPSA) is 19.4 Å². The van der Waals surface area contributed by atoms with Crippen molar-refractivity contribution in [1.29, 1.82) is 0 Å². The Balaban J connectivity index is 1.23. The maximum absolute atomic E-state index is 5.19. The summed E-state index contributed by atoms with van der Waals surface area (Å²) in [7, 11) is 0. The van der Waals surface area contributed by atoms with Crippen molar-refractivity contribution < 1.29 is 0 Å². The predicted octanol–water partition coefficient (Wildman–Crippen LogP) is 11.0. The lowest BCUT2D eigenvalue weighted by Gasteiger charge is -2.38. The fraction of sp³-hybridized carbons (Fsp3) is 0.0465. The van der Waals surface area contributed by atoms with Crippen LogP contribution in [-0.4, -0.2) is 11.0 Å². The van der Waals surface area contributed by atoms with E-state index >= 15 is 0 Å². The largest absolute Gasteiger partial charge is 0.315 e. The fourth-order valence-corrected chi connectivity index (χ4v) is 7.24. The van der Waals surface area contributed by atoms with Gasteiger partial charge in [0.1, 0.15) is 5.82 Å². The van der Waals surface area contributed by atoms with Crippen molar-refractivity contribution in [3.05, 3.63) is 181 Å². The van der Waals surface area contributed by atoms with E-state index < -0.39 is 0 Å². The molecule has 3 nitrogen and oxygen atoms in total. The average Bonchev–Trinajstić information content (AvgIpc) is 3.13. The van der Waals surface area contributed by atoms with Crippen molar-refractivity contribution in [3.63, 3.8) is 0 Å². The van der Waals surface area contributed by atoms with E-state index in [1.54, 1.807) is 0 Å². The van der Waals surface area contributed by atoms with Gasteiger partial charge in [0.2, 0.25) is 0 Å². The van der Waals surface area contributed by atoms with Crippen LogP contribution in [0.5, 0.6) is 0 Å². The van der Waals surface area contributed by atoms with Crippen LogP contribution in [0.3, 0.4) is 0 Å². The van der Waals surface area contributed by atoms with Gasteiger partial charge in [-0.25, -0.2) is 4.98 Å². The highest BCUT2D eigenvalue weighted by Crippen LogP contribution is 2.48. The summed E-state index contributed by atoms with van der Waals surface area (Å²) in [6, 6.07) is 54.0. The molecule has 0 radical (unpaired) electrons.